The van der Waals surface area contributed by atoms with E-state index in [0.29, 0.717) is 30.0 Å². The zero-order valence-corrected chi connectivity index (χ0v) is 20.1. The number of carbonyl (C=O) groups excluding carboxylic acids is 1. The average molecular weight is 481 g/mol. The predicted molar refractivity (Wildman–Crippen MR) is 132 cm³/mol. The molecule has 9 heteroatoms. The zero-order valence-electron chi connectivity index (χ0n) is 19.2. The minimum absolute atomic E-state index is 0.0279. The lowest BCUT2D eigenvalue weighted by Crippen LogP contribution is -2.37. The number of carbonyl (C=O) groups is 1. The molecule has 1 saturated heterocycles. The van der Waals surface area contributed by atoms with Gasteiger partial charge >= 0.3 is 0 Å². The van der Waals surface area contributed by atoms with Crippen LogP contribution in [0, 0.1) is 13.8 Å². The second kappa shape index (κ2) is 10.2. The molecule has 2 aromatic carbocycles. The van der Waals surface area contributed by atoms with Gasteiger partial charge in [0.05, 0.1) is 18.1 Å². The number of aryl methyl sites for hydroxylation is 2. The number of anilines is 2. The van der Waals surface area contributed by atoms with Crippen LogP contribution in [-0.2, 0) is 21.3 Å². The summed E-state index contributed by atoms with van der Waals surface area (Å²) in [4.78, 5) is 19.7. The monoisotopic (exact) mass is 480 g/mol. The Hall–Kier alpha value is -3.43. The van der Waals surface area contributed by atoms with E-state index in [-0.39, 0.29) is 17.3 Å². The third-order valence-electron chi connectivity index (χ3n) is 5.65. The lowest BCUT2D eigenvalue weighted by molar-refractivity contribution is 0.0950. The molecule has 0 aliphatic carbocycles. The molecule has 0 spiro atoms. The van der Waals surface area contributed by atoms with E-state index in [1.807, 2.05) is 25.1 Å². The third kappa shape index (κ3) is 5.55. The number of rotatable bonds is 7. The van der Waals surface area contributed by atoms with Gasteiger partial charge in [0.25, 0.3) is 15.9 Å². The minimum atomic E-state index is -3.85. The summed E-state index contributed by atoms with van der Waals surface area (Å²) < 4.78 is 33.9. The first-order valence-electron chi connectivity index (χ1n) is 11.1. The van der Waals surface area contributed by atoms with Gasteiger partial charge in [-0.2, -0.15) is 0 Å². The molecule has 0 unspecified atom stereocenters. The number of nitrogens with zero attached hydrogens (tertiary/aromatic N) is 2. The Kier molecular flexibility index (Phi) is 7.14. The van der Waals surface area contributed by atoms with E-state index in [9.17, 15) is 13.2 Å². The second-order valence-electron chi connectivity index (χ2n) is 8.22. The molecule has 0 bridgehead atoms. The molecule has 2 N–H and O–H groups in total. The Morgan fingerprint density at radius 3 is 2.62 bits per heavy atom. The summed E-state index contributed by atoms with van der Waals surface area (Å²) in [6.45, 7) is 6.70. The van der Waals surface area contributed by atoms with Gasteiger partial charge in [-0.3, -0.25) is 9.52 Å². The summed E-state index contributed by atoms with van der Waals surface area (Å²) in [6.07, 6.45) is 1.73. The van der Waals surface area contributed by atoms with Gasteiger partial charge in [0.1, 0.15) is 5.82 Å². The molecule has 8 nitrogen and oxygen atoms in total. The van der Waals surface area contributed by atoms with Crippen molar-refractivity contribution in [3.63, 3.8) is 0 Å². The lowest BCUT2D eigenvalue weighted by atomic mass is 10.1. The smallest absolute Gasteiger partial charge is 0.261 e. The molecular formula is C25H28N4O4S. The van der Waals surface area contributed by atoms with Crippen LogP contribution in [0.25, 0.3) is 0 Å². The highest BCUT2D eigenvalue weighted by atomic mass is 32.2. The van der Waals surface area contributed by atoms with Crippen molar-refractivity contribution in [2.24, 2.45) is 0 Å². The van der Waals surface area contributed by atoms with Crippen molar-refractivity contribution in [1.29, 1.82) is 0 Å². The molecule has 1 amide bonds. The first kappa shape index (κ1) is 23.7. The fraction of sp³-hybridized carbons (Fsp3) is 0.280. The molecule has 1 fully saturated rings. The van der Waals surface area contributed by atoms with Crippen LogP contribution in [0.5, 0.6) is 0 Å². The van der Waals surface area contributed by atoms with E-state index >= 15 is 0 Å². The van der Waals surface area contributed by atoms with Crippen molar-refractivity contribution >= 4 is 27.4 Å². The van der Waals surface area contributed by atoms with Gasteiger partial charge in [-0.15, -0.1) is 0 Å². The number of pyridine rings is 1. The Bertz CT molecular complexity index is 1290. The van der Waals surface area contributed by atoms with Gasteiger partial charge in [-0.05, 0) is 55.3 Å². The number of amides is 1. The molecule has 4 rings (SSSR count). The van der Waals surface area contributed by atoms with Crippen LogP contribution in [0.15, 0.2) is 65.7 Å². The Balaban J connectivity index is 1.51. The molecule has 0 radical (unpaired) electrons. The largest absolute Gasteiger partial charge is 0.378 e. The van der Waals surface area contributed by atoms with Crippen molar-refractivity contribution in [3.8, 4) is 0 Å². The van der Waals surface area contributed by atoms with Crippen LogP contribution in [0.4, 0.5) is 11.5 Å². The van der Waals surface area contributed by atoms with Gasteiger partial charge in [-0.1, -0.05) is 24.3 Å². The standard InChI is InChI=1S/C25H28N4O4S/c1-18-5-3-7-21(15-18)28-34(31,32)22-9-8-19(2)23(16-22)25(30)27-17-20-6-4-10-26-24(20)29-11-13-33-14-12-29/h3-10,15-16,28H,11-14,17H2,1-2H3,(H,27,30). The maximum Gasteiger partial charge on any atom is 0.261 e. The highest BCUT2D eigenvalue weighted by Gasteiger charge is 2.20. The average Bonchev–Trinajstić information content (AvgIpc) is 2.83. The van der Waals surface area contributed by atoms with Crippen molar-refractivity contribution in [2.45, 2.75) is 25.3 Å². The number of morpholine rings is 1. The number of sulfonamides is 1. The van der Waals surface area contributed by atoms with Crippen LogP contribution in [0.1, 0.15) is 27.0 Å². The quantitative estimate of drug-likeness (QED) is 0.538. The molecule has 178 valence electrons. The summed E-state index contributed by atoms with van der Waals surface area (Å²) in [5.74, 6) is 0.475. The summed E-state index contributed by atoms with van der Waals surface area (Å²) in [6, 6.07) is 15.4. The second-order valence-corrected chi connectivity index (χ2v) is 9.90. The van der Waals surface area contributed by atoms with Crippen LogP contribution in [0.3, 0.4) is 0 Å². The van der Waals surface area contributed by atoms with Crippen LogP contribution >= 0.6 is 0 Å². The van der Waals surface area contributed by atoms with Gasteiger partial charge in [-0.25, -0.2) is 13.4 Å². The van der Waals surface area contributed by atoms with Gasteiger partial charge in [0.15, 0.2) is 0 Å². The minimum Gasteiger partial charge on any atom is -0.378 e. The highest BCUT2D eigenvalue weighted by Crippen LogP contribution is 2.21. The predicted octanol–water partition coefficient (Wildman–Crippen LogP) is 3.27. The maximum absolute atomic E-state index is 13.0. The summed E-state index contributed by atoms with van der Waals surface area (Å²) in [5.41, 5.74) is 3.30. The van der Waals surface area contributed by atoms with Gasteiger partial charge in [0.2, 0.25) is 0 Å². The Morgan fingerprint density at radius 1 is 1.06 bits per heavy atom. The fourth-order valence-electron chi connectivity index (χ4n) is 3.83. The first-order chi connectivity index (χ1) is 16.3. The number of nitrogens with one attached hydrogen (secondary N) is 2. The number of benzene rings is 2. The highest BCUT2D eigenvalue weighted by molar-refractivity contribution is 7.92. The Labute approximate surface area is 200 Å². The fourth-order valence-corrected chi connectivity index (χ4v) is 4.91. The number of ether oxygens (including phenoxy) is 1. The third-order valence-corrected chi connectivity index (χ3v) is 7.03. The van der Waals surface area contributed by atoms with E-state index in [4.69, 9.17) is 4.74 Å². The normalized spacial score (nSPS) is 14.0. The molecule has 0 atom stereocenters. The van der Waals surface area contributed by atoms with Crippen LogP contribution in [-0.4, -0.2) is 45.6 Å². The Morgan fingerprint density at radius 2 is 1.85 bits per heavy atom. The number of hydrogen-bond donors (Lipinski definition) is 2. The van der Waals surface area contributed by atoms with Gasteiger partial charge in [0, 0.05) is 42.6 Å². The summed E-state index contributed by atoms with van der Waals surface area (Å²) in [5, 5.41) is 2.92. The SMILES string of the molecule is Cc1cccc(NS(=O)(=O)c2ccc(C)c(C(=O)NCc3cccnc3N3CCOCC3)c2)c1. The molecule has 34 heavy (non-hydrogen) atoms. The molecule has 1 aromatic heterocycles. The molecular weight excluding hydrogens is 452 g/mol. The van der Waals surface area contributed by atoms with Crippen molar-refractivity contribution in [1.82, 2.24) is 10.3 Å². The molecule has 1 aliphatic rings. The van der Waals surface area contributed by atoms with Crippen LogP contribution < -0.4 is 14.9 Å². The van der Waals surface area contributed by atoms with Crippen molar-refractivity contribution in [3.05, 3.63) is 83.0 Å². The van der Waals surface area contributed by atoms with Crippen LogP contribution in [0.2, 0.25) is 0 Å². The lowest BCUT2D eigenvalue weighted by Gasteiger charge is -2.29. The summed E-state index contributed by atoms with van der Waals surface area (Å²) in [7, 11) is -3.85. The maximum atomic E-state index is 13.0. The van der Waals surface area contributed by atoms with E-state index in [2.05, 4.69) is 19.9 Å². The summed E-state index contributed by atoms with van der Waals surface area (Å²) >= 11 is 0. The van der Waals surface area contributed by atoms with E-state index in [0.717, 1.165) is 30.0 Å². The topological polar surface area (TPSA) is 101 Å². The molecule has 2 heterocycles. The number of aromatic nitrogens is 1. The van der Waals surface area contributed by atoms with Crippen molar-refractivity contribution in [2.75, 3.05) is 35.9 Å². The van der Waals surface area contributed by atoms with E-state index in [1.54, 1.807) is 37.4 Å². The molecule has 1 aliphatic heterocycles. The molecule has 3 aromatic rings. The van der Waals surface area contributed by atoms with Gasteiger partial charge < -0.3 is 15.0 Å². The molecule has 0 saturated carbocycles. The van der Waals surface area contributed by atoms with E-state index < -0.39 is 10.0 Å². The van der Waals surface area contributed by atoms with Crippen molar-refractivity contribution < 1.29 is 17.9 Å². The zero-order chi connectivity index (χ0) is 24.1. The number of hydrogen-bond acceptors (Lipinski definition) is 6. The van der Waals surface area contributed by atoms with E-state index in [1.165, 1.54) is 12.1 Å². The first-order valence-corrected chi connectivity index (χ1v) is 12.6.